The van der Waals surface area contributed by atoms with E-state index in [2.05, 4.69) is 38.1 Å². The van der Waals surface area contributed by atoms with Crippen molar-refractivity contribution in [3.63, 3.8) is 0 Å². The summed E-state index contributed by atoms with van der Waals surface area (Å²) in [5.74, 6) is 1.21. The molecule has 0 radical (unpaired) electrons. The molecule has 84 valence electrons. The first-order chi connectivity index (χ1) is 7.27. The lowest BCUT2D eigenvalue weighted by Crippen LogP contribution is -2.09. The van der Waals surface area contributed by atoms with Crippen LogP contribution >= 0.6 is 11.8 Å². The second kappa shape index (κ2) is 6.91. The van der Waals surface area contributed by atoms with Crippen molar-refractivity contribution >= 4 is 11.8 Å². The molecule has 1 aromatic carbocycles. The van der Waals surface area contributed by atoms with Gasteiger partial charge in [-0.05, 0) is 24.7 Å². The lowest BCUT2D eigenvalue weighted by atomic mass is 10.1. The van der Waals surface area contributed by atoms with Crippen LogP contribution in [0.15, 0.2) is 24.3 Å². The number of hydrogen-bond acceptors (Lipinski definition) is 2. The molecule has 0 aromatic heterocycles. The number of hydrogen-bond donors (Lipinski definition) is 1. The average molecular weight is 223 g/mol. The molecule has 0 spiro atoms. The molecule has 1 unspecified atom stereocenters. The number of aryl methyl sites for hydroxylation is 1. The van der Waals surface area contributed by atoms with Crippen molar-refractivity contribution in [2.75, 3.05) is 12.3 Å². The van der Waals surface area contributed by atoms with E-state index in [-0.39, 0.29) is 0 Å². The van der Waals surface area contributed by atoms with Crippen LogP contribution in [0, 0.1) is 6.92 Å². The van der Waals surface area contributed by atoms with Crippen LogP contribution in [0.3, 0.4) is 0 Å². The van der Waals surface area contributed by atoms with Gasteiger partial charge in [0.2, 0.25) is 0 Å². The molecule has 0 saturated heterocycles. The smallest absolute Gasteiger partial charge is 0.0419 e. The normalized spacial score (nSPS) is 12.7. The lowest BCUT2D eigenvalue weighted by Gasteiger charge is -2.14. The van der Waals surface area contributed by atoms with Gasteiger partial charge >= 0.3 is 0 Å². The third-order valence-corrected chi connectivity index (χ3v) is 3.87. The molecular formula is C13H21NS. The summed E-state index contributed by atoms with van der Waals surface area (Å²) in [4.78, 5) is 0. The highest BCUT2D eigenvalue weighted by molar-refractivity contribution is 7.99. The molecule has 2 N–H and O–H groups in total. The molecule has 1 nitrogen and oxygen atoms in total. The van der Waals surface area contributed by atoms with E-state index in [4.69, 9.17) is 5.73 Å². The first-order valence-electron chi connectivity index (χ1n) is 5.66. The van der Waals surface area contributed by atoms with Crippen molar-refractivity contribution in [2.24, 2.45) is 5.73 Å². The Labute approximate surface area is 97.4 Å². The monoisotopic (exact) mass is 223 g/mol. The van der Waals surface area contributed by atoms with Gasteiger partial charge in [0.05, 0.1) is 0 Å². The Bertz CT molecular complexity index is 268. The van der Waals surface area contributed by atoms with Crippen LogP contribution in [-0.2, 0) is 0 Å². The largest absolute Gasteiger partial charge is 0.329 e. The maximum absolute atomic E-state index is 5.80. The zero-order valence-electron chi connectivity index (χ0n) is 9.70. The van der Waals surface area contributed by atoms with Crippen LogP contribution < -0.4 is 5.73 Å². The van der Waals surface area contributed by atoms with Crippen molar-refractivity contribution in [2.45, 2.75) is 31.9 Å². The summed E-state index contributed by atoms with van der Waals surface area (Å²) in [5, 5.41) is 0.470. The van der Waals surface area contributed by atoms with Gasteiger partial charge in [-0.25, -0.2) is 0 Å². The minimum atomic E-state index is 0.470. The first kappa shape index (κ1) is 12.6. The molecule has 1 aromatic rings. The van der Waals surface area contributed by atoms with Gasteiger partial charge in [0.1, 0.15) is 0 Å². The van der Waals surface area contributed by atoms with Gasteiger partial charge < -0.3 is 5.73 Å². The summed E-state index contributed by atoms with van der Waals surface area (Å²) in [5.41, 5.74) is 8.48. The van der Waals surface area contributed by atoms with Crippen LogP contribution in [0.25, 0.3) is 0 Å². The molecule has 15 heavy (non-hydrogen) atoms. The number of benzene rings is 1. The zero-order chi connectivity index (χ0) is 11.1. The van der Waals surface area contributed by atoms with Gasteiger partial charge in [0, 0.05) is 11.8 Å². The van der Waals surface area contributed by atoms with Gasteiger partial charge in [-0.3, -0.25) is 0 Å². The summed E-state index contributed by atoms with van der Waals surface area (Å²) in [6, 6.07) is 8.73. The Balaban J connectivity index is 2.53. The van der Waals surface area contributed by atoms with E-state index in [0.717, 1.165) is 6.54 Å². The zero-order valence-corrected chi connectivity index (χ0v) is 10.5. The van der Waals surface area contributed by atoms with Crippen molar-refractivity contribution < 1.29 is 0 Å². The Morgan fingerprint density at radius 3 is 2.47 bits per heavy atom. The SMILES string of the molecule is CCCCSC(CN)c1ccc(C)cc1. The number of rotatable bonds is 6. The minimum absolute atomic E-state index is 0.470. The highest BCUT2D eigenvalue weighted by atomic mass is 32.2. The summed E-state index contributed by atoms with van der Waals surface area (Å²) < 4.78 is 0. The highest BCUT2D eigenvalue weighted by Crippen LogP contribution is 2.28. The van der Waals surface area contributed by atoms with Gasteiger partial charge in [0.25, 0.3) is 0 Å². The fourth-order valence-corrected chi connectivity index (χ4v) is 2.68. The molecule has 0 aliphatic carbocycles. The number of nitrogens with two attached hydrogens (primary N) is 1. The molecular weight excluding hydrogens is 202 g/mol. The van der Waals surface area contributed by atoms with Crippen molar-refractivity contribution in [1.29, 1.82) is 0 Å². The first-order valence-corrected chi connectivity index (χ1v) is 6.71. The van der Waals surface area contributed by atoms with Gasteiger partial charge in [-0.15, -0.1) is 0 Å². The van der Waals surface area contributed by atoms with E-state index in [1.54, 1.807) is 0 Å². The summed E-state index contributed by atoms with van der Waals surface area (Å²) in [6.45, 7) is 5.08. The topological polar surface area (TPSA) is 26.0 Å². The fourth-order valence-electron chi connectivity index (χ4n) is 1.45. The van der Waals surface area contributed by atoms with Crippen LogP contribution in [0.1, 0.15) is 36.1 Å². The molecule has 0 fully saturated rings. The maximum Gasteiger partial charge on any atom is 0.0419 e. The molecule has 1 rings (SSSR count). The van der Waals surface area contributed by atoms with E-state index in [1.165, 1.54) is 29.7 Å². The Morgan fingerprint density at radius 1 is 1.27 bits per heavy atom. The number of thioether (sulfide) groups is 1. The maximum atomic E-state index is 5.80. The fraction of sp³-hybridized carbons (Fsp3) is 0.538. The molecule has 0 aliphatic rings. The van der Waals surface area contributed by atoms with E-state index in [0.29, 0.717) is 5.25 Å². The second-order valence-electron chi connectivity index (χ2n) is 3.86. The van der Waals surface area contributed by atoms with E-state index >= 15 is 0 Å². The van der Waals surface area contributed by atoms with Gasteiger partial charge in [-0.1, -0.05) is 43.2 Å². The predicted molar refractivity (Wildman–Crippen MR) is 70.3 cm³/mol. The van der Waals surface area contributed by atoms with Gasteiger partial charge in [-0.2, -0.15) is 11.8 Å². The number of unbranched alkanes of at least 4 members (excludes halogenated alkanes) is 1. The summed E-state index contributed by atoms with van der Waals surface area (Å²) in [6.07, 6.45) is 2.55. The predicted octanol–water partition coefficient (Wildman–Crippen LogP) is 3.53. The third-order valence-electron chi connectivity index (χ3n) is 2.48. The van der Waals surface area contributed by atoms with E-state index in [1.807, 2.05) is 11.8 Å². The summed E-state index contributed by atoms with van der Waals surface area (Å²) in [7, 11) is 0. The van der Waals surface area contributed by atoms with Crippen LogP contribution in [0.5, 0.6) is 0 Å². The van der Waals surface area contributed by atoms with Crippen LogP contribution in [0.4, 0.5) is 0 Å². The molecule has 0 saturated carbocycles. The van der Waals surface area contributed by atoms with Crippen LogP contribution in [-0.4, -0.2) is 12.3 Å². The van der Waals surface area contributed by atoms with E-state index < -0.39 is 0 Å². The Hall–Kier alpha value is -0.470. The molecule has 0 heterocycles. The summed E-state index contributed by atoms with van der Waals surface area (Å²) >= 11 is 1.98. The molecule has 0 amide bonds. The van der Waals surface area contributed by atoms with Crippen molar-refractivity contribution in [3.8, 4) is 0 Å². The van der Waals surface area contributed by atoms with Crippen LogP contribution in [0.2, 0.25) is 0 Å². The molecule has 2 heteroatoms. The van der Waals surface area contributed by atoms with Crippen molar-refractivity contribution in [3.05, 3.63) is 35.4 Å². The third kappa shape index (κ3) is 4.27. The van der Waals surface area contributed by atoms with Gasteiger partial charge in [0.15, 0.2) is 0 Å². The Kier molecular flexibility index (Phi) is 5.81. The Morgan fingerprint density at radius 2 is 1.93 bits per heavy atom. The minimum Gasteiger partial charge on any atom is -0.329 e. The molecule has 0 aliphatic heterocycles. The van der Waals surface area contributed by atoms with Crippen molar-refractivity contribution in [1.82, 2.24) is 0 Å². The van der Waals surface area contributed by atoms with E-state index in [9.17, 15) is 0 Å². The quantitative estimate of drug-likeness (QED) is 0.747. The average Bonchev–Trinajstić information content (AvgIpc) is 2.26. The molecule has 0 bridgehead atoms. The molecule has 1 atom stereocenters. The second-order valence-corrected chi connectivity index (χ2v) is 5.17. The standard InChI is InChI=1S/C13H21NS/c1-3-4-9-15-13(10-14)12-7-5-11(2)6-8-12/h5-8,13H,3-4,9-10,14H2,1-2H3. The highest BCUT2D eigenvalue weighted by Gasteiger charge is 2.08. The lowest BCUT2D eigenvalue weighted by molar-refractivity contribution is 0.882.